The minimum atomic E-state index is -0.200. The molecule has 24 heavy (non-hydrogen) atoms. The SMILES string of the molecule is CC(C)Oc1ccc(C(=O)Nc2ccc3c(c2)sc(=O)n3C)cc1. The van der Waals surface area contributed by atoms with Gasteiger partial charge in [0.05, 0.1) is 16.3 Å². The number of carbonyl (C=O) groups is 1. The number of benzene rings is 2. The van der Waals surface area contributed by atoms with Crippen molar-refractivity contribution in [2.45, 2.75) is 20.0 Å². The molecule has 0 saturated heterocycles. The van der Waals surface area contributed by atoms with Crippen molar-refractivity contribution >= 4 is 33.1 Å². The molecule has 0 radical (unpaired) electrons. The second-order valence-corrected chi connectivity index (χ2v) is 6.75. The summed E-state index contributed by atoms with van der Waals surface area (Å²) in [5.74, 6) is 0.533. The molecule has 1 heterocycles. The highest BCUT2D eigenvalue weighted by atomic mass is 32.1. The standard InChI is InChI=1S/C18H18N2O3S/c1-11(2)23-14-7-4-12(5-8-14)17(21)19-13-6-9-15-16(10-13)24-18(22)20(15)3/h4-11H,1-3H3,(H,19,21). The molecule has 1 aromatic heterocycles. The number of fused-ring (bicyclic) bond motifs is 1. The van der Waals surface area contributed by atoms with E-state index in [1.165, 1.54) is 0 Å². The first-order valence-corrected chi connectivity index (χ1v) is 8.43. The fourth-order valence-electron chi connectivity index (χ4n) is 2.37. The number of rotatable bonds is 4. The third-order valence-electron chi connectivity index (χ3n) is 3.54. The molecular weight excluding hydrogens is 324 g/mol. The molecule has 0 spiro atoms. The van der Waals surface area contributed by atoms with E-state index in [2.05, 4.69) is 5.32 Å². The number of nitrogens with one attached hydrogen (secondary N) is 1. The van der Waals surface area contributed by atoms with Crippen LogP contribution in [0.25, 0.3) is 10.2 Å². The first-order chi connectivity index (χ1) is 11.4. The number of aromatic nitrogens is 1. The molecule has 0 aliphatic rings. The van der Waals surface area contributed by atoms with Crippen molar-refractivity contribution in [3.05, 3.63) is 57.7 Å². The lowest BCUT2D eigenvalue weighted by Gasteiger charge is -2.10. The van der Waals surface area contributed by atoms with Crippen LogP contribution in [0.1, 0.15) is 24.2 Å². The van der Waals surface area contributed by atoms with Gasteiger partial charge >= 0.3 is 4.87 Å². The zero-order valence-electron chi connectivity index (χ0n) is 13.7. The van der Waals surface area contributed by atoms with Gasteiger partial charge in [-0.2, -0.15) is 0 Å². The van der Waals surface area contributed by atoms with Crippen LogP contribution in [0.15, 0.2) is 47.3 Å². The normalized spacial score (nSPS) is 11.0. The molecule has 1 N–H and O–H groups in total. The van der Waals surface area contributed by atoms with Gasteiger partial charge in [0.2, 0.25) is 0 Å². The molecule has 0 aliphatic heterocycles. The molecule has 1 amide bonds. The Labute approximate surface area is 143 Å². The number of carbonyl (C=O) groups excluding carboxylic acids is 1. The van der Waals surface area contributed by atoms with Gasteiger partial charge < -0.3 is 14.6 Å². The highest BCUT2D eigenvalue weighted by molar-refractivity contribution is 7.16. The number of nitrogens with zero attached hydrogens (tertiary/aromatic N) is 1. The van der Waals surface area contributed by atoms with Crippen molar-refractivity contribution in [3.63, 3.8) is 0 Å². The van der Waals surface area contributed by atoms with Crippen molar-refractivity contribution in [1.82, 2.24) is 4.57 Å². The number of hydrogen-bond donors (Lipinski definition) is 1. The number of hydrogen-bond acceptors (Lipinski definition) is 4. The van der Waals surface area contributed by atoms with Gasteiger partial charge in [-0.05, 0) is 56.3 Å². The minimum Gasteiger partial charge on any atom is -0.491 e. The number of anilines is 1. The van der Waals surface area contributed by atoms with Crippen LogP contribution in [-0.2, 0) is 7.05 Å². The highest BCUT2D eigenvalue weighted by Crippen LogP contribution is 2.22. The van der Waals surface area contributed by atoms with Crippen LogP contribution in [-0.4, -0.2) is 16.6 Å². The lowest BCUT2D eigenvalue weighted by molar-refractivity contribution is 0.102. The van der Waals surface area contributed by atoms with Crippen molar-refractivity contribution in [1.29, 1.82) is 0 Å². The maximum atomic E-state index is 12.3. The number of amides is 1. The van der Waals surface area contributed by atoms with Crippen molar-refractivity contribution in [2.75, 3.05) is 5.32 Å². The molecule has 0 saturated carbocycles. The van der Waals surface area contributed by atoms with Crippen LogP contribution in [0.3, 0.4) is 0 Å². The maximum Gasteiger partial charge on any atom is 0.307 e. The number of ether oxygens (including phenoxy) is 1. The van der Waals surface area contributed by atoms with Gasteiger partial charge in [0.15, 0.2) is 0 Å². The Morgan fingerprint density at radius 3 is 2.54 bits per heavy atom. The third-order valence-corrected chi connectivity index (χ3v) is 4.53. The first kappa shape index (κ1) is 16.3. The van der Waals surface area contributed by atoms with Gasteiger partial charge in [0.25, 0.3) is 5.91 Å². The molecule has 3 aromatic rings. The summed E-state index contributed by atoms with van der Waals surface area (Å²) in [6.07, 6.45) is 0.0921. The van der Waals surface area contributed by atoms with E-state index >= 15 is 0 Å². The lowest BCUT2D eigenvalue weighted by Crippen LogP contribution is -2.12. The van der Waals surface area contributed by atoms with Gasteiger partial charge in [0, 0.05) is 18.3 Å². The fraction of sp³-hybridized carbons (Fsp3) is 0.222. The molecule has 6 heteroatoms. The van der Waals surface area contributed by atoms with Crippen LogP contribution >= 0.6 is 11.3 Å². The van der Waals surface area contributed by atoms with Crippen molar-refractivity contribution in [3.8, 4) is 5.75 Å². The molecule has 5 nitrogen and oxygen atoms in total. The lowest BCUT2D eigenvalue weighted by atomic mass is 10.2. The predicted octanol–water partition coefficient (Wildman–Crippen LogP) is 3.64. The second kappa shape index (κ2) is 6.49. The molecule has 2 aromatic carbocycles. The zero-order chi connectivity index (χ0) is 17.3. The van der Waals surface area contributed by atoms with Gasteiger partial charge in [-0.1, -0.05) is 11.3 Å². The predicted molar refractivity (Wildman–Crippen MR) is 97.2 cm³/mol. The van der Waals surface area contributed by atoms with Gasteiger partial charge in [-0.3, -0.25) is 9.59 Å². The first-order valence-electron chi connectivity index (χ1n) is 7.61. The second-order valence-electron chi connectivity index (χ2n) is 5.75. The van der Waals surface area contributed by atoms with Gasteiger partial charge in [-0.25, -0.2) is 0 Å². The minimum absolute atomic E-state index is 0.0192. The van der Waals surface area contributed by atoms with E-state index in [9.17, 15) is 9.59 Å². The highest BCUT2D eigenvalue weighted by Gasteiger charge is 2.09. The number of thiazole rings is 1. The topological polar surface area (TPSA) is 60.3 Å². The summed E-state index contributed by atoms with van der Waals surface area (Å²) in [7, 11) is 1.74. The molecule has 0 atom stereocenters. The Kier molecular flexibility index (Phi) is 4.40. The van der Waals surface area contributed by atoms with Crippen LogP contribution < -0.4 is 14.9 Å². The van der Waals surface area contributed by atoms with Crippen molar-refractivity contribution < 1.29 is 9.53 Å². The molecule has 124 valence electrons. The van der Waals surface area contributed by atoms with Crippen LogP contribution in [0, 0.1) is 0 Å². The van der Waals surface area contributed by atoms with Crippen LogP contribution in [0.2, 0.25) is 0 Å². The average molecular weight is 342 g/mol. The van der Waals surface area contributed by atoms with E-state index in [1.54, 1.807) is 41.9 Å². The molecule has 0 unspecified atom stereocenters. The molecule has 0 fully saturated rings. The number of aryl methyl sites for hydroxylation is 1. The van der Waals surface area contributed by atoms with E-state index in [1.807, 2.05) is 26.0 Å². The Bertz CT molecular complexity index is 939. The zero-order valence-corrected chi connectivity index (χ0v) is 14.5. The Morgan fingerprint density at radius 1 is 1.17 bits per heavy atom. The summed E-state index contributed by atoms with van der Waals surface area (Å²) in [6, 6.07) is 12.5. The molecule has 0 aliphatic carbocycles. The molecule has 3 rings (SSSR count). The van der Waals surface area contributed by atoms with Crippen molar-refractivity contribution in [2.24, 2.45) is 7.05 Å². The summed E-state index contributed by atoms with van der Waals surface area (Å²) in [6.45, 7) is 3.91. The molecular formula is C18H18N2O3S. The van der Waals surface area contributed by atoms with E-state index in [-0.39, 0.29) is 16.9 Å². The van der Waals surface area contributed by atoms with E-state index < -0.39 is 0 Å². The Morgan fingerprint density at radius 2 is 1.88 bits per heavy atom. The summed E-state index contributed by atoms with van der Waals surface area (Å²) < 4.78 is 8.01. The summed E-state index contributed by atoms with van der Waals surface area (Å²) >= 11 is 1.16. The van der Waals surface area contributed by atoms with E-state index in [0.717, 1.165) is 27.3 Å². The Balaban J connectivity index is 1.78. The van der Waals surface area contributed by atoms with Gasteiger partial charge in [0.1, 0.15) is 5.75 Å². The van der Waals surface area contributed by atoms with Crippen LogP contribution in [0.5, 0.6) is 5.75 Å². The quantitative estimate of drug-likeness (QED) is 0.787. The molecule has 0 bridgehead atoms. The van der Waals surface area contributed by atoms with Crippen LogP contribution in [0.4, 0.5) is 5.69 Å². The maximum absolute atomic E-state index is 12.3. The fourth-order valence-corrected chi connectivity index (χ4v) is 3.29. The third kappa shape index (κ3) is 3.33. The smallest absolute Gasteiger partial charge is 0.307 e. The summed E-state index contributed by atoms with van der Waals surface area (Å²) in [4.78, 5) is 24.0. The largest absolute Gasteiger partial charge is 0.491 e. The summed E-state index contributed by atoms with van der Waals surface area (Å²) in [5.41, 5.74) is 2.07. The monoisotopic (exact) mass is 342 g/mol. The average Bonchev–Trinajstić information content (AvgIpc) is 2.81. The Hall–Kier alpha value is -2.60. The van der Waals surface area contributed by atoms with E-state index in [0.29, 0.717) is 11.3 Å². The van der Waals surface area contributed by atoms with E-state index in [4.69, 9.17) is 4.74 Å². The van der Waals surface area contributed by atoms with Gasteiger partial charge in [-0.15, -0.1) is 0 Å². The summed E-state index contributed by atoms with van der Waals surface area (Å²) in [5, 5.41) is 2.85.